The van der Waals surface area contributed by atoms with Crippen LogP contribution >= 0.6 is 0 Å². The van der Waals surface area contributed by atoms with Gasteiger partial charge in [0.15, 0.2) is 11.5 Å². The third-order valence-electron chi connectivity index (χ3n) is 6.60. The van der Waals surface area contributed by atoms with Gasteiger partial charge in [-0.05, 0) is 31.7 Å². The minimum Gasteiger partial charge on any atom is -0.493 e. The number of hydrogen-bond donors (Lipinski definition) is 3. The van der Waals surface area contributed by atoms with Crippen molar-refractivity contribution in [2.24, 2.45) is 5.92 Å². The van der Waals surface area contributed by atoms with Gasteiger partial charge < -0.3 is 19.1 Å². The van der Waals surface area contributed by atoms with Gasteiger partial charge in [-0.1, -0.05) is 0 Å². The van der Waals surface area contributed by atoms with E-state index in [9.17, 15) is 27.6 Å². The van der Waals surface area contributed by atoms with Crippen molar-refractivity contribution in [3.63, 3.8) is 0 Å². The molecule has 3 heterocycles. The molecular weight excluding hydrogens is 585 g/mol. The number of aryl methyl sites for hydroxylation is 1. The van der Waals surface area contributed by atoms with Crippen molar-refractivity contribution in [2.75, 3.05) is 39.3 Å². The summed E-state index contributed by atoms with van der Waals surface area (Å²) in [6.07, 6.45) is -0.681. The highest BCUT2D eigenvalue weighted by molar-refractivity contribution is 5.92. The molecule has 1 amide bonds. The van der Waals surface area contributed by atoms with E-state index >= 15 is 0 Å². The van der Waals surface area contributed by atoms with Gasteiger partial charge in [0.05, 0.1) is 32.3 Å². The molecule has 1 aliphatic rings. The van der Waals surface area contributed by atoms with E-state index in [1.807, 2.05) is 11.8 Å². The molecule has 15 nitrogen and oxygen atoms in total. The summed E-state index contributed by atoms with van der Waals surface area (Å²) >= 11 is 0. The summed E-state index contributed by atoms with van der Waals surface area (Å²) in [4.78, 5) is 51.7. The molecular formula is C25H29F3N6O9. The van der Waals surface area contributed by atoms with E-state index in [0.29, 0.717) is 59.6 Å². The third kappa shape index (κ3) is 7.39. The molecule has 3 aromatic rings. The minimum absolute atomic E-state index is 0.157. The second kappa shape index (κ2) is 14.0. The molecule has 1 aromatic carbocycles. The Hall–Kier alpha value is -4.71. The first kappa shape index (κ1) is 32.8. The number of rotatable bonds is 7. The lowest BCUT2D eigenvalue weighted by Crippen LogP contribution is -2.38. The normalized spacial score (nSPS) is 13.6. The number of hydroxylamine groups is 1. The summed E-state index contributed by atoms with van der Waals surface area (Å²) < 4.78 is 50.5. The summed E-state index contributed by atoms with van der Waals surface area (Å²) in [5.74, 6) is -0.726. The Bertz CT molecular complexity index is 1510. The van der Waals surface area contributed by atoms with Gasteiger partial charge in [-0.3, -0.25) is 24.3 Å². The van der Waals surface area contributed by atoms with E-state index in [-0.39, 0.29) is 17.0 Å². The minimum atomic E-state index is -5.10. The number of nitrogens with zero attached hydrogens (tertiary/aromatic N) is 5. The molecule has 0 spiro atoms. The number of carbonyl (C=O) groups is 2. The highest BCUT2D eigenvalue weighted by atomic mass is 19.4. The zero-order valence-electron chi connectivity index (χ0n) is 23.5. The number of aromatic nitrogens is 4. The van der Waals surface area contributed by atoms with Crippen molar-refractivity contribution >= 4 is 28.7 Å². The lowest BCUT2D eigenvalue weighted by atomic mass is 9.96. The predicted molar refractivity (Wildman–Crippen MR) is 141 cm³/mol. The van der Waals surface area contributed by atoms with Crippen molar-refractivity contribution in [1.82, 2.24) is 25.0 Å². The van der Waals surface area contributed by atoms with Gasteiger partial charge in [0, 0.05) is 32.0 Å². The van der Waals surface area contributed by atoms with Gasteiger partial charge in [0.1, 0.15) is 11.3 Å². The molecule has 0 bridgehead atoms. The molecule has 43 heavy (non-hydrogen) atoms. The first-order valence-corrected chi connectivity index (χ1v) is 12.5. The SMILES string of the molecule is COc1cc2c(=O)n(CC3CCN(c4ncc(C(=O)NO)cn4)CC3)c(C)nc2c(OC)c1OC.O=C(OO)C(F)(F)F. The highest BCUT2D eigenvalue weighted by Crippen LogP contribution is 2.41. The molecule has 0 atom stereocenters. The third-order valence-corrected chi connectivity index (χ3v) is 6.60. The van der Waals surface area contributed by atoms with E-state index < -0.39 is 18.1 Å². The monoisotopic (exact) mass is 614 g/mol. The standard InChI is InChI=1S/C23H28N6O6.C2HF3O3/c1-13-26-18-16(9-17(33-2)19(34-3)20(18)35-4)22(31)29(13)12-14-5-7-28(8-6-14)23-24-10-15(11-25-23)21(30)27-32;3-2(4,5)1(6)8-7/h9-11,14,32H,5-8,12H2,1-4H3,(H,27,30);7H. The van der Waals surface area contributed by atoms with E-state index in [1.165, 1.54) is 33.7 Å². The highest BCUT2D eigenvalue weighted by Gasteiger charge is 2.41. The number of alkyl halides is 3. The Morgan fingerprint density at radius 3 is 2.14 bits per heavy atom. The van der Waals surface area contributed by atoms with Crippen molar-refractivity contribution in [3.8, 4) is 17.2 Å². The van der Waals surface area contributed by atoms with E-state index in [0.717, 1.165) is 12.8 Å². The number of ether oxygens (including phenoxy) is 3. The smallest absolute Gasteiger partial charge is 0.493 e. The van der Waals surface area contributed by atoms with Gasteiger partial charge in [-0.2, -0.15) is 18.4 Å². The summed E-state index contributed by atoms with van der Waals surface area (Å²) in [7, 11) is 4.53. The number of methoxy groups -OCH3 is 3. The molecule has 1 aliphatic heterocycles. The van der Waals surface area contributed by atoms with Gasteiger partial charge in [0.2, 0.25) is 11.7 Å². The molecule has 18 heteroatoms. The summed E-state index contributed by atoms with van der Waals surface area (Å²) in [5, 5.41) is 16.2. The Balaban J connectivity index is 0.000000557. The molecule has 0 unspecified atom stereocenters. The number of nitrogens with one attached hydrogen (secondary N) is 1. The molecule has 0 radical (unpaired) electrons. The number of halogens is 3. The molecule has 3 N–H and O–H groups in total. The largest absolute Gasteiger partial charge is 0.494 e. The second-order valence-electron chi connectivity index (χ2n) is 9.14. The van der Waals surface area contributed by atoms with E-state index in [4.69, 9.17) is 24.7 Å². The van der Waals surface area contributed by atoms with E-state index in [2.05, 4.69) is 19.8 Å². The molecule has 0 aliphatic carbocycles. The summed E-state index contributed by atoms with van der Waals surface area (Å²) in [6.45, 7) is 3.77. The Kier molecular flexibility index (Phi) is 10.7. The number of carbonyl (C=O) groups excluding carboxylic acids is 2. The average Bonchev–Trinajstić information content (AvgIpc) is 3.01. The first-order chi connectivity index (χ1) is 20.4. The Labute approximate surface area is 241 Å². The number of fused-ring (bicyclic) bond motifs is 1. The lowest BCUT2D eigenvalue weighted by molar-refractivity contribution is -0.272. The maximum atomic E-state index is 13.4. The first-order valence-electron chi connectivity index (χ1n) is 12.5. The van der Waals surface area contributed by atoms with Crippen LogP contribution in [0, 0.1) is 12.8 Å². The number of amides is 1. The number of benzene rings is 1. The molecule has 234 valence electrons. The van der Waals surface area contributed by atoms with Crippen molar-refractivity contribution < 1.29 is 52.3 Å². The van der Waals surface area contributed by atoms with Crippen LogP contribution in [-0.4, -0.2) is 82.5 Å². The molecule has 1 saturated heterocycles. The number of hydrogen-bond acceptors (Lipinski definition) is 13. The van der Waals surface area contributed by atoms with Crippen LogP contribution in [0.5, 0.6) is 17.2 Å². The maximum absolute atomic E-state index is 13.4. The lowest BCUT2D eigenvalue weighted by Gasteiger charge is -2.32. The van der Waals surface area contributed by atoms with Crippen molar-refractivity contribution in [1.29, 1.82) is 0 Å². The average molecular weight is 615 g/mol. The second-order valence-corrected chi connectivity index (χ2v) is 9.14. The number of piperidine rings is 1. The summed E-state index contributed by atoms with van der Waals surface area (Å²) in [5.41, 5.74) is 2.02. The van der Waals surface area contributed by atoms with Gasteiger partial charge >= 0.3 is 12.1 Å². The van der Waals surface area contributed by atoms with Crippen LogP contribution < -0.4 is 30.1 Å². The van der Waals surface area contributed by atoms with Gasteiger partial charge in [-0.15, -0.1) is 0 Å². The van der Waals surface area contributed by atoms with Crippen LogP contribution in [0.2, 0.25) is 0 Å². The quantitative estimate of drug-likeness (QED) is 0.200. The van der Waals surface area contributed by atoms with Crippen LogP contribution in [-0.2, 0) is 16.2 Å². The van der Waals surface area contributed by atoms with Crippen LogP contribution in [0.15, 0.2) is 23.3 Å². The predicted octanol–water partition coefficient (Wildman–Crippen LogP) is 2.12. The zero-order valence-corrected chi connectivity index (χ0v) is 23.5. The summed E-state index contributed by atoms with van der Waals surface area (Å²) in [6, 6.07) is 1.64. The Morgan fingerprint density at radius 2 is 1.67 bits per heavy atom. The van der Waals surface area contributed by atoms with Gasteiger partial charge in [-0.25, -0.2) is 25.2 Å². The van der Waals surface area contributed by atoms with Crippen LogP contribution in [0.4, 0.5) is 19.1 Å². The van der Waals surface area contributed by atoms with Crippen molar-refractivity contribution in [3.05, 3.63) is 40.2 Å². The Morgan fingerprint density at radius 1 is 1.07 bits per heavy atom. The molecule has 4 rings (SSSR count). The van der Waals surface area contributed by atoms with E-state index in [1.54, 1.807) is 16.1 Å². The van der Waals surface area contributed by atoms with Crippen LogP contribution in [0.25, 0.3) is 10.9 Å². The fraction of sp³-hybridized carbons (Fsp3) is 0.440. The fourth-order valence-electron chi connectivity index (χ4n) is 4.44. The van der Waals surface area contributed by atoms with Crippen LogP contribution in [0.1, 0.15) is 29.0 Å². The molecule has 2 aromatic heterocycles. The molecule has 1 fully saturated rings. The van der Waals surface area contributed by atoms with Crippen molar-refractivity contribution in [2.45, 2.75) is 32.5 Å². The topological polar surface area (TPSA) is 187 Å². The maximum Gasteiger partial charge on any atom is 0.494 e. The van der Waals surface area contributed by atoms with Crippen LogP contribution in [0.3, 0.4) is 0 Å². The number of anilines is 1. The fourth-order valence-corrected chi connectivity index (χ4v) is 4.44. The zero-order chi connectivity index (χ0) is 31.9. The molecule has 0 saturated carbocycles. The van der Waals surface area contributed by atoms with Gasteiger partial charge in [0.25, 0.3) is 11.5 Å².